The fourth-order valence-corrected chi connectivity index (χ4v) is 3.69. The van der Waals surface area contributed by atoms with E-state index in [0.717, 1.165) is 18.0 Å². The van der Waals surface area contributed by atoms with E-state index in [1.807, 2.05) is 0 Å². The normalized spacial score (nSPS) is 28.2. The van der Waals surface area contributed by atoms with Crippen molar-refractivity contribution in [2.45, 2.75) is 65.0 Å². The molecule has 2 aliphatic rings. The highest BCUT2D eigenvalue weighted by Gasteiger charge is 2.33. The van der Waals surface area contributed by atoms with Crippen LogP contribution in [0.3, 0.4) is 0 Å². The number of hydrogen-bond acceptors (Lipinski definition) is 3. The predicted octanol–water partition coefficient (Wildman–Crippen LogP) is 2.57. The SMILES string of the molecule is CC(C)CNCCCCCN1CC2CCCN2CC1C. The van der Waals surface area contributed by atoms with Gasteiger partial charge in [0, 0.05) is 25.2 Å². The van der Waals surface area contributed by atoms with Crippen LogP contribution in [0.4, 0.5) is 0 Å². The van der Waals surface area contributed by atoms with E-state index in [2.05, 4.69) is 35.9 Å². The van der Waals surface area contributed by atoms with Crippen LogP contribution in [0.15, 0.2) is 0 Å². The third-order valence-electron chi connectivity index (χ3n) is 4.92. The number of unbranched alkanes of at least 4 members (excludes halogenated alkanes) is 2. The molecule has 0 aromatic rings. The zero-order chi connectivity index (χ0) is 14.4. The summed E-state index contributed by atoms with van der Waals surface area (Å²) >= 11 is 0. The van der Waals surface area contributed by atoms with Gasteiger partial charge in [-0.2, -0.15) is 0 Å². The van der Waals surface area contributed by atoms with Crippen LogP contribution in [-0.4, -0.2) is 61.2 Å². The lowest BCUT2D eigenvalue weighted by Gasteiger charge is -2.42. The van der Waals surface area contributed by atoms with Gasteiger partial charge in [0.1, 0.15) is 0 Å². The van der Waals surface area contributed by atoms with E-state index in [4.69, 9.17) is 0 Å². The molecular formula is C17H35N3. The van der Waals surface area contributed by atoms with E-state index < -0.39 is 0 Å². The van der Waals surface area contributed by atoms with Crippen LogP contribution in [0.2, 0.25) is 0 Å². The van der Waals surface area contributed by atoms with E-state index in [9.17, 15) is 0 Å². The second-order valence-electron chi connectivity index (χ2n) is 7.29. The minimum atomic E-state index is 0.767. The highest BCUT2D eigenvalue weighted by atomic mass is 15.3. The van der Waals surface area contributed by atoms with Crippen molar-refractivity contribution >= 4 is 0 Å². The van der Waals surface area contributed by atoms with Gasteiger partial charge in [0.15, 0.2) is 0 Å². The number of nitrogens with one attached hydrogen (secondary N) is 1. The molecule has 3 nitrogen and oxygen atoms in total. The average molecular weight is 281 g/mol. The second-order valence-corrected chi connectivity index (χ2v) is 7.29. The van der Waals surface area contributed by atoms with Crippen LogP contribution in [0.25, 0.3) is 0 Å². The summed E-state index contributed by atoms with van der Waals surface area (Å²) in [6.07, 6.45) is 6.95. The lowest BCUT2D eigenvalue weighted by molar-refractivity contribution is 0.0583. The molecule has 0 spiro atoms. The summed E-state index contributed by atoms with van der Waals surface area (Å²) in [5, 5.41) is 3.54. The molecule has 2 saturated heterocycles. The summed E-state index contributed by atoms with van der Waals surface area (Å²) in [5.74, 6) is 0.776. The van der Waals surface area contributed by atoms with Gasteiger partial charge in [0.2, 0.25) is 0 Å². The molecule has 2 aliphatic heterocycles. The van der Waals surface area contributed by atoms with Gasteiger partial charge in [-0.15, -0.1) is 0 Å². The van der Waals surface area contributed by atoms with Crippen LogP contribution in [-0.2, 0) is 0 Å². The van der Waals surface area contributed by atoms with Gasteiger partial charge in [-0.25, -0.2) is 0 Å². The van der Waals surface area contributed by atoms with Crippen LogP contribution in [0.1, 0.15) is 52.9 Å². The minimum absolute atomic E-state index is 0.767. The maximum Gasteiger partial charge on any atom is 0.0224 e. The summed E-state index contributed by atoms with van der Waals surface area (Å²) in [4.78, 5) is 5.46. The van der Waals surface area contributed by atoms with E-state index in [-0.39, 0.29) is 0 Å². The lowest BCUT2D eigenvalue weighted by Crippen LogP contribution is -2.54. The van der Waals surface area contributed by atoms with Gasteiger partial charge in [-0.05, 0) is 64.7 Å². The molecule has 20 heavy (non-hydrogen) atoms. The Hall–Kier alpha value is -0.120. The number of hydrogen-bond donors (Lipinski definition) is 1. The molecule has 118 valence electrons. The topological polar surface area (TPSA) is 18.5 Å². The van der Waals surface area contributed by atoms with Crippen molar-refractivity contribution < 1.29 is 0 Å². The molecule has 2 atom stereocenters. The standard InChI is InChI=1S/C17H35N3/c1-15(2)12-18-9-5-4-6-10-19-14-17-8-7-11-20(17)13-16(19)3/h15-18H,4-14H2,1-3H3. The molecule has 0 aromatic carbocycles. The molecule has 3 heteroatoms. The molecule has 2 fully saturated rings. The van der Waals surface area contributed by atoms with Crippen LogP contribution < -0.4 is 5.32 Å². The van der Waals surface area contributed by atoms with E-state index in [1.165, 1.54) is 71.4 Å². The molecule has 0 amide bonds. The smallest absolute Gasteiger partial charge is 0.0224 e. The molecule has 0 bridgehead atoms. The minimum Gasteiger partial charge on any atom is -0.316 e. The van der Waals surface area contributed by atoms with Gasteiger partial charge in [-0.3, -0.25) is 9.80 Å². The molecule has 0 aliphatic carbocycles. The third kappa shape index (κ3) is 5.01. The Balaban J connectivity index is 1.53. The Labute approximate surface area is 126 Å². The monoisotopic (exact) mass is 281 g/mol. The van der Waals surface area contributed by atoms with Crippen molar-refractivity contribution in [3.8, 4) is 0 Å². The lowest BCUT2D eigenvalue weighted by atomic mass is 10.1. The Bertz CT molecular complexity index is 267. The fourth-order valence-electron chi connectivity index (χ4n) is 3.69. The van der Waals surface area contributed by atoms with Crippen LogP contribution >= 0.6 is 0 Å². The highest BCUT2D eigenvalue weighted by Crippen LogP contribution is 2.24. The van der Waals surface area contributed by atoms with Gasteiger partial charge in [0.25, 0.3) is 0 Å². The number of piperazine rings is 1. The van der Waals surface area contributed by atoms with Crippen molar-refractivity contribution in [3.05, 3.63) is 0 Å². The number of nitrogens with zero attached hydrogens (tertiary/aromatic N) is 2. The molecule has 2 rings (SSSR count). The largest absolute Gasteiger partial charge is 0.316 e. The van der Waals surface area contributed by atoms with Crippen molar-refractivity contribution in [1.82, 2.24) is 15.1 Å². The highest BCUT2D eigenvalue weighted by molar-refractivity contribution is 4.90. The van der Waals surface area contributed by atoms with Gasteiger partial charge >= 0.3 is 0 Å². The first-order valence-corrected chi connectivity index (χ1v) is 8.85. The number of fused-ring (bicyclic) bond motifs is 1. The Morgan fingerprint density at radius 1 is 1.15 bits per heavy atom. The molecule has 2 unspecified atom stereocenters. The van der Waals surface area contributed by atoms with Crippen molar-refractivity contribution in [2.24, 2.45) is 5.92 Å². The number of rotatable bonds is 8. The Kier molecular flexibility index (Phi) is 6.79. The quantitative estimate of drug-likeness (QED) is 0.690. The second kappa shape index (κ2) is 8.35. The maximum atomic E-state index is 3.54. The summed E-state index contributed by atoms with van der Waals surface area (Å²) in [6, 6.07) is 1.64. The fraction of sp³-hybridized carbons (Fsp3) is 1.00. The molecule has 1 N–H and O–H groups in total. The third-order valence-corrected chi connectivity index (χ3v) is 4.92. The van der Waals surface area contributed by atoms with Crippen molar-refractivity contribution in [1.29, 1.82) is 0 Å². The van der Waals surface area contributed by atoms with Gasteiger partial charge in [0.05, 0.1) is 0 Å². The van der Waals surface area contributed by atoms with E-state index in [1.54, 1.807) is 0 Å². The van der Waals surface area contributed by atoms with Gasteiger partial charge < -0.3 is 5.32 Å². The molecular weight excluding hydrogens is 246 g/mol. The zero-order valence-corrected chi connectivity index (χ0v) is 13.9. The first-order valence-electron chi connectivity index (χ1n) is 8.85. The summed E-state index contributed by atoms with van der Waals surface area (Å²) in [6.45, 7) is 14.6. The Morgan fingerprint density at radius 2 is 2.00 bits per heavy atom. The molecule has 0 saturated carbocycles. The Morgan fingerprint density at radius 3 is 2.80 bits per heavy atom. The summed E-state index contributed by atoms with van der Waals surface area (Å²) < 4.78 is 0. The molecule has 2 heterocycles. The zero-order valence-electron chi connectivity index (χ0n) is 13.9. The summed E-state index contributed by atoms with van der Waals surface area (Å²) in [7, 11) is 0. The predicted molar refractivity (Wildman–Crippen MR) is 87.2 cm³/mol. The first kappa shape index (κ1) is 16.3. The van der Waals surface area contributed by atoms with Crippen molar-refractivity contribution in [3.63, 3.8) is 0 Å². The molecule has 0 aromatic heterocycles. The van der Waals surface area contributed by atoms with E-state index >= 15 is 0 Å². The van der Waals surface area contributed by atoms with Crippen LogP contribution in [0, 0.1) is 5.92 Å². The first-order chi connectivity index (χ1) is 9.66. The molecule has 0 radical (unpaired) electrons. The maximum absolute atomic E-state index is 3.54. The summed E-state index contributed by atoms with van der Waals surface area (Å²) in [5.41, 5.74) is 0. The van der Waals surface area contributed by atoms with Crippen molar-refractivity contribution in [2.75, 3.05) is 39.3 Å². The van der Waals surface area contributed by atoms with Crippen LogP contribution in [0.5, 0.6) is 0 Å². The van der Waals surface area contributed by atoms with E-state index in [0.29, 0.717) is 0 Å². The average Bonchev–Trinajstić information content (AvgIpc) is 2.84. The van der Waals surface area contributed by atoms with Gasteiger partial charge in [-0.1, -0.05) is 20.3 Å².